The largest absolute Gasteiger partial charge is 0.268 e. The fourth-order valence-corrected chi connectivity index (χ4v) is 2.65. The van der Waals surface area contributed by atoms with E-state index in [-0.39, 0.29) is 5.69 Å². The molecule has 3 nitrogen and oxygen atoms in total. The van der Waals surface area contributed by atoms with E-state index >= 15 is 0 Å². The number of hydrogen-bond donors (Lipinski definition) is 0. The minimum Gasteiger partial charge on any atom is -0.268 e. The van der Waals surface area contributed by atoms with E-state index in [2.05, 4.69) is 15.9 Å². The fourth-order valence-electron chi connectivity index (χ4n) is 2.23. The number of hydrogen-bond acceptors (Lipinski definition) is 2. The van der Waals surface area contributed by atoms with Gasteiger partial charge in [0.2, 0.25) is 0 Å². The molecule has 0 spiro atoms. The van der Waals surface area contributed by atoms with E-state index in [9.17, 15) is 14.0 Å². The highest BCUT2D eigenvalue weighted by molar-refractivity contribution is 9.10. The average molecular weight is 334 g/mol. The van der Waals surface area contributed by atoms with E-state index in [0.717, 1.165) is 10.5 Å². The van der Waals surface area contributed by atoms with Crippen molar-refractivity contribution in [1.82, 2.24) is 0 Å². The molecule has 100 valence electrons. The molecule has 0 saturated carbocycles. The Morgan fingerprint density at radius 1 is 1.00 bits per heavy atom. The molecular formula is C15H9BrFNO2. The molecule has 0 fully saturated rings. The second-order valence-corrected chi connectivity index (χ2v) is 5.44. The van der Waals surface area contributed by atoms with E-state index in [0.29, 0.717) is 15.6 Å². The number of rotatable bonds is 1. The number of anilines is 1. The molecule has 2 aromatic rings. The van der Waals surface area contributed by atoms with Crippen molar-refractivity contribution in [3.8, 4) is 0 Å². The fraction of sp³-hybridized carbons (Fsp3) is 0.0667. The summed E-state index contributed by atoms with van der Waals surface area (Å²) in [6.45, 7) is 1.85. The first-order chi connectivity index (χ1) is 9.49. The maximum atomic E-state index is 13.4. The highest BCUT2D eigenvalue weighted by Gasteiger charge is 2.37. The predicted molar refractivity (Wildman–Crippen MR) is 76.4 cm³/mol. The van der Waals surface area contributed by atoms with Crippen LogP contribution >= 0.6 is 15.9 Å². The van der Waals surface area contributed by atoms with Crippen LogP contribution < -0.4 is 4.90 Å². The summed E-state index contributed by atoms with van der Waals surface area (Å²) in [7, 11) is 0. The molecule has 0 aliphatic carbocycles. The van der Waals surface area contributed by atoms with Gasteiger partial charge in [-0.05, 0) is 53.2 Å². The number of aryl methyl sites for hydroxylation is 1. The summed E-state index contributed by atoms with van der Waals surface area (Å²) in [6.07, 6.45) is 0. The maximum Gasteiger partial charge on any atom is 0.266 e. The molecule has 0 atom stereocenters. The van der Waals surface area contributed by atoms with Crippen molar-refractivity contribution >= 4 is 33.4 Å². The van der Waals surface area contributed by atoms with Crippen molar-refractivity contribution in [2.45, 2.75) is 6.92 Å². The third-order valence-electron chi connectivity index (χ3n) is 3.19. The lowest BCUT2D eigenvalue weighted by Crippen LogP contribution is -2.29. The Kier molecular flexibility index (Phi) is 2.94. The molecular weight excluding hydrogens is 325 g/mol. The number of fused-ring (bicyclic) bond motifs is 1. The molecule has 0 unspecified atom stereocenters. The van der Waals surface area contributed by atoms with E-state index in [1.165, 1.54) is 18.2 Å². The molecule has 0 radical (unpaired) electrons. The van der Waals surface area contributed by atoms with Gasteiger partial charge < -0.3 is 0 Å². The quantitative estimate of drug-likeness (QED) is 0.746. The molecule has 2 amide bonds. The van der Waals surface area contributed by atoms with Crippen molar-refractivity contribution in [3.63, 3.8) is 0 Å². The lowest BCUT2D eigenvalue weighted by molar-refractivity contribution is 0.0926. The number of benzene rings is 2. The molecule has 0 bridgehead atoms. The zero-order valence-corrected chi connectivity index (χ0v) is 12.1. The lowest BCUT2D eigenvalue weighted by atomic mass is 10.1. The SMILES string of the molecule is Cc1ccc2c(c1)C(=O)N(c1cc(F)ccc1Br)C2=O. The summed E-state index contributed by atoms with van der Waals surface area (Å²) >= 11 is 3.24. The summed E-state index contributed by atoms with van der Waals surface area (Å²) in [5, 5.41) is 0. The molecule has 5 heteroatoms. The van der Waals surface area contributed by atoms with E-state index < -0.39 is 17.6 Å². The van der Waals surface area contributed by atoms with Crippen molar-refractivity contribution in [1.29, 1.82) is 0 Å². The molecule has 1 aliphatic rings. The van der Waals surface area contributed by atoms with Crippen molar-refractivity contribution in [2.75, 3.05) is 4.90 Å². The van der Waals surface area contributed by atoms with Crippen LogP contribution in [0.15, 0.2) is 40.9 Å². The number of carbonyl (C=O) groups excluding carboxylic acids is 2. The first kappa shape index (κ1) is 13.0. The van der Waals surface area contributed by atoms with Gasteiger partial charge in [0.1, 0.15) is 5.82 Å². The van der Waals surface area contributed by atoms with Gasteiger partial charge in [0, 0.05) is 4.47 Å². The molecule has 0 saturated heterocycles. The van der Waals surface area contributed by atoms with E-state index in [4.69, 9.17) is 0 Å². The standard InChI is InChI=1S/C15H9BrFNO2/c1-8-2-4-10-11(6-8)15(20)18(14(10)19)13-7-9(17)3-5-12(13)16/h2-7H,1H3. The predicted octanol–water partition coefficient (Wildman–Crippen LogP) is 3.70. The van der Waals surface area contributed by atoms with Gasteiger partial charge in [-0.1, -0.05) is 11.6 Å². The van der Waals surface area contributed by atoms with Gasteiger partial charge in [0.25, 0.3) is 11.8 Å². The summed E-state index contributed by atoms with van der Waals surface area (Å²) in [6, 6.07) is 8.96. The molecule has 20 heavy (non-hydrogen) atoms. The summed E-state index contributed by atoms with van der Waals surface area (Å²) in [5.41, 5.74) is 1.81. The first-order valence-corrected chi connectivity index (χ1v) is 6.73. The molecule has 2 aromatic carbocycles. The van der Waals surface area contributed by atoms with Gasteiger partial charge in [-0.25, -0.2) is 9.29 Å². The van der Waals surface area contributed by atoms with Crippen LogP contribution in [0.2, 0.25) is 0 Å². The van der Waals surface area contributed by atoms with Crippen LogP contribution in [-0.4, -0.2) is 11.8 Å². The summed E-state index contributed by atoms with van der Waals surface area (Å²) in [5.74, 6) is -1.37. The number of nitrogens with zero attached hydrogens (tertiary/aromatic N) is 1. The van der Waals surface area contributed by atoms with Gasteiger partial charge in [-0.2, -0.15) is 0 Å². The number of carbonyl (C=O) groups is 2. The van der Waals surface area contributed by atoms with Gasteiger partial charge in [-0.15, -0.1) is 0 Å². The minimum atomic E-state index is -0.504. The molecule has 0 N–H and O–H groups in total. The average Bonchev–Trinajstić information content (AvgIpc) is 2.65. The lowest BCUT2D eigenvalue weighted by Gasteiger charge is -2.15. The highest BCUT2D eigenvalue weighted by atomic mass is 79.9. The Bertz CT molecular complexity index is 758. The molecule has 0 aromatic heterocycles. The third kappa shape index (κ3) is 1.86. The Balaban J connectivity index is 2.16. The molecule has 3 rings (SSSR count). The summed E-state index contributed by atoms with van der Waals surface area (Å²) in [4.78, 5) is 25.7. The smallest absolute Gasteiger partial charge is 0.266 e. The van der Waals surface area contributed by atoms with Crippen molar-refractivity contribution in [3.05, 3.63) is 63.4 Å². The van der Waals surface area contributed by atoms with Gasteiger partial charge in [0.15, 0.2) is 0 Å². The van der Waals surface area contributed by atoms with Crippen LogP contribution in [0.4, 0.5) is 10.1 Å². The Morgan fingerprint density at radius 2 is 1.70 bits per heavy atom. The van der Waals surface area contributed by atoms with Crippen molar-refractivity contribution in [2.24, 2.45) is 0 Å². The highest BCUT2D eigenvalue weighted by Crippen LogP contribution is 2.34. The van der Waals surface area contributed by atoms with Crippen LogP contribution in [0.5, 0.6) is 0 Å². The normalized spacial score (nSPS) is 13.8. The Hall–Kier alpha value is -2.01. The topological polar surface area (TPSA) is 37.4 Å². The number of imide groups is 1. The summed E-state index contributed by atoms with van der Waals surface area (Å²) < 4.78 is 13.9. The Labute approximate surface area is 123 Å². The third-order valence-corrected chi connectivity index (χ3v) is 3.86. The second-order valence-electron chi connectivity index (χ2n) is 4.59. The molecule has 1 aliphatic heterocycles. The maximum absolute atomic E-state index is 13.4. The van der Waals surface area contributed by atoms with Crippen LogP contribution in [0, 0.1) is 12.7 Å². The minimum absolute atomic E-state index is 0.217. The first-order valence-electron chi connectivity index (χ1n) is 5.93. The van der Waals surface area contributed by atoms with Crippen molar-refractivity contribution < 1.29 is 14.0 Å². The zero-order valence-electron chi connectivity index (χ0n) is 10.5. The number of halogens is 2. The van der Waals surface area contributed by atoms with Gasteiger partial charge in [0.05, 0.1) is 16.8 Å². The zero-order chi connectivity index (χ0) is 14.4. The Morgan fingerprint density at radius 3 is 2.45 bits per heavy atom. The van der Waals surface area contributed by atoms with E-state index in [1.807, 2.05) is 6.92 Å². The number of amides is 2. The monoisotopic (exact) mass is 333 g/mol. The van der Waals surface area contributed by atoms with Crippen LogP contribution in [0.1, 0.15) is 26.3 Å². The van der Waals surface area contributed by atoms with Crippen LogP contribution in [0.3, 0.4) is 0 Å². The van der Waals surface area contributed by atoms with Crippen LogP contribution in [0.25, 0.3) is 0 Å². The van der Waals surface area contributed by atoms with Crippen LogP contribution in [-0.2, 0) is 0 Å². The molecule has 1 heterocycles. The van der Waals surface area contributed by atoms with Gasteiger partial charge in [-0.3, -0.25) is 9.59 Å². The van der Waals surface area contributed by atoms with E-state index in [1.54, 1.807) is 18.2 Å². The van der Waals surface area contributed by atoms with Gasteiger partial charge >= 0.3 is 0 Å². The second kappa shape index (κ2) is 4.52.